The van der Waals surface area contributed by atoms with Gasteiger partial charge in [0.1, 0.15) is 5.75 Å². The van der Waals surface area contributed by atoms with Gasteiger partial charge in [-0.3, -0.25) is 9.59 Å². The molecule has 0 saturated carbocycles. The fourth-order valence-corrected chi connectivity index (χ4v) is 3.74. The molecule has 32 heavy (non-hydrogen) atoms. The second-order valence-electron chi connectivity index (χ2n) is 7.27. The highest BCUT2D eigenvalue weighted by atomic mass is 16.5. The smallest absolute Gasteiger partial charge is 0.200 e. The number of ketones is 1. The first kappa shape index (κ1) is 21.2. The van der Waals surface area contributed by atoms with E-state index >= 15 is 0 Å². The van der Waals surface area contributed by atoms with Gasteiger partial charge >= 0.3 is 0 Å². The summed E-state index contributed by atoms with van der Waals surface area (Å²) in [5, 5.41) is 0.488. The lowest BCUT2D eigenvalue weighted by Crippen LogP contribution is -2.20. The number of rotatable bonds is 7. The third-order valence-electron chi connectivity index (χ3n) is 5.37. The Morgan fingerprint density at radius 2 is 1.62 bits per heavy atom. The molecular weight excluding hydrogens is 406 g/mol. The van der Waals surface area contributed by atoms with E-state index < -0.39 is 0 Å². The van der Waals surface area contributed by atoms with Gasteiger partial charge in [0, 0.05) is 23.7 Å². The van der Waals surface area contributed by atoms with Gasteiger partial charge in [-0.05, 0) is 48.0 Å². The average Bonchev–Trinajstić information content (AvgIpc) is 2.85. The van der Waals surface area contributed by atoms with Crippen LogP contribution in [0, 0.1) is 0 Å². The molecule has 162 valence electrons. The largest absolute Gasteiger partial charge is 0.497 e. The van der Waals surface area contributed by atoms with Crippen LogP contribution in [0.4, 0.5) is 0 Å². The van der Waals surface area contributed by atoms with Crippen LogP contribution >= 0.6 is 0 Å². The number of nitrogens with zero attached hydrogens (tertiary/aromatic N) is 1. The van der Waals surface area contributed by atoms with E-state index in [9.17, 15) is 9.59 Å². The Morgan fingerprint density at radius 1 is 0.844 bits per heavy atom. The molecule has 0 saturated heterocycles. The summed E-state index contributed by atoms with van der Waals surface area (Å²) in [6.07, 6.45) is 1.63. The molecule has 0 aliphatic heterocycles. The maximum atomic E-state index is 13.4. The number of ether oxygens (including phenoxy) is 3. The van der Waals surface area contributed by atoms with Crippen molar-refractivity contribution in [2.45, 2.75) is 6.54 Å². The van der Waals surface area contributed by atoms with Crippen LogP contribution in [0.15, 0.2) is 77.7 Å². The van der Waals surface area contributed by atoms with Gasteiger partial charge in [0.25, 0.3) is 0 Å². The fraction of sp³-hybridized carbons (Fsp3) is 0.154. The average molecular weight is 429 g/mol. The van der Waals surface area contributed by atoms with Crippen molar-refractivity contribution >= 4 is 16.7 Å². The molecule has 3 aromatic carbocycles. The first-order valence-electron chi connectivity index (χ1n) is 10.1. The van der Waals surface area contributed by atoms with Gasteiger partial charge in [-0.1, -0.05) is 24.3 Å². The Hall–Kier alpha value is -4.06. The number of hydrogen-bond donors (Lipinski definition) is 0. The summed E-state index contributed by atoms with van der Waals surface area (Å²) in [7, 11) is 4.65. The van der Waals surface area contributed by atoms with Gasteiger partial charge in [0.15, 0.2) is 17.3 Å². The standard InChI is InChI=1S/C26H23NO5/c1-30-19-8-6-7-17(13-19)15-27-16-21(26(29)20-9-4-5-10-22(20)27)25(28)18-11-12-23(31-2)24(14-18)32-3/h4-14,16H,15H2,1-3H3. The van der Waals surface area contributed by atoms with Crippen molar-refractivity contribution in [3.63, 3.8) is 0 Å². The van der Waals surface area contributed by atoms with Crippen LogP contribution in [0.1, 0.15) is 21.5 Å². The van der Waals surface area contributed by atoms with Crippen molar-refractivity contribution in [2.24, 2.45) is 0 Å². The molecule has 0 N–H and O–H groups in total. The van der Waals surface area contributed by atoms with E-state index in [0.717, 1.165) is 16.8 Å². The topological polar surface area (TPSA) is 66.8 Å². The summed E-state index contributed by atoms with van der Waals surface area (Å²) in [6.45, 7) is 0.476. The summed E-state index contributed by atoms with van der Waals surface area (Å²) in [5.41, 5.74) is 1.89. The van der Waals surface area contributed by atoms with Crippen LogP contribution < -0.4 is 19.6 Å². The van der Waals surface area contributed by atoms with Gasteiger partial charge in [-0.15, -0.1) is 0 Å². The highest BCUT2D eigenvalue weighted by molar-refractivity contribution is 6.10. The highest BCUT2D eigenvalue weighted by Crippen LogP contribution is 2.28. The summed E-state index contributed by atoms with van der Waals surface area (Å²) in [6, 6.07) is 19.9. The summed E-state index contributed by atoms with van der Waals surface area (Å²) >= 11 is 0. The predicted molar refractivity (Wildman–Crippen MR) is 123 cm³/mol. The van der Waals surface area contributed by atoms with E-state index in [1.807, 2.05) is 41.0 Å². The number of carbonyl (C=O) groups is 1. The number of fused-ring (bicyclic) bond motifs is 1. The molecular formula is C26H23NO5. The van der Waals surface area contributed by atoms with Crippen molar-refractivity contribution in [1.82, 2.24) is 4.57 Å². The Labute approximate surface area is 185 Å². The summed E-state index contributed by atoms with van der Waals surface area (Å²) in [4.78, 5) is 26.6. The lowest BCUT2D eigenvalue weighted by molar-refractivity contribution is 0.103. The van der Waals surface area contributed by atoms with E-state index in [-0.39, 0.29) is 16.8 Å². The number of aromatic nitrogens is 1. The van der Waals surface area contributed by atoms with E-state index in [1.54, 1.807) is 43.6 Å². The molecule has 0 aliphatic rings. The second kappa shape index (κ2) is 8.98. The van der Waals surface area contributed by atoms with E-state index in [4.69, 9.17) is 14.2 Å². The van der Waals surface area contributed by atoms with Crippen LogP contribution in [-0.2, 0) is 6.54 Å². The molecule has 0 aliphatic carbocycles. The van der Waals surface area contributed by atoms with Gasteiger partial charge < -0.3 is 18.8 Å². The Balaban J connectivity index is 1.84. The van der Waals surface area contributed by atoms with Crippen LogP contribution in [0.5, 0.6) is 17.2 Å². The first-order chi connectivity index (χ1) is 15.5. The number of para-hydroxylation sites is 1. The van der Waals surface area contributed by atoms with Gasteiger partial charge in [0.05, 0.1) is 32.4 Å². The van der Waals surface area contributed by atoms with Crippen LogP contribution in [-0.4, -0.2) is 31.7 Å². The van der Waals surface area contributed by atoms with Gasteiger partial charge in [-0.25, -0.2) is 0 Å². The monoisotopic (exact) mass is 429 g/mol. The zero-order valence-electron chi connectivity index (χ0n) is 18.1. The maximum absolute atomic E-state index is 13.4. The quantitative estimate of drug-likeness (QED) is 0.410. The minimum absolute atomic E-state index is 0.0961. The number of hydrogen-bond acceptors (Lipinski definition) is 5. The molecule has 1 aromatic heterocycles. The predicted octanol–water partition coefficient (Wildman–Crippen LogP) is 4.31. The number of benzene rings is 3. The zero-order valence-corrected chi connectivity index (χ0v) is 18.1. The number of carbonyl (C=O) groups excluding carboxylic acids is 1. The SMILES string of the molecule is COc1cccc(Cn2cc(C(=O)c3ccc(OC)c(OC)c3)c(=O)c3ccccc32)c1. The molecule has 0 amide bonds. The van der Waals surface area contributed by atoms with E-state index in [2.05, 4.69) is 0 Å². The molecule has 0 unspecified atom stereocenters. The Kier molecular flexibility index (Phi) is 5.94. The third-order valence-corrected chi connectivity index (χ3v) is 5.37. The lowest BCUT2D eigenvalue weighted by Gasteiger charge is -2.14. The molecule has 0 fully saturated rings. The molecule has 6 nitrogen and oxygen atoms in total. The zero-order chi connectivity index (χ0) is 22.7. The Morgan fingerprint density at radius 3 is 2.38 bits per heavy atom. The Bertz CT molecular complexity index is 1360. The molecule has 0 atom stereocenters. The van der Waals surface area contributed by atoms with Crippen LogP contribution in [0.2, 0.25) is 0 Å². The minimum Gasteiger partial charge on any atom is -0.497 e. The summed E-state index contributed by atoms with van der Waals surface area (Å²) in [5.74, 6) is 1.31. The van der Waals surface area contributed by atoms with Crippen LogP contribution in [0.3, 0.4) is 0 Å². The van der Waals surface area contributed by atoms with E-state index in [1.165, 1.54) is 14.2 Å². The number of methoxy groups -OCH3 is 3. The van der Waals surface area contributed by atoms with Gasteiger partial charge in [-0.2, -0.15) is 0 Å². The number of pyridine rings is 1. The van der Waals surface area contributed by atoms with Crippen LogP contribution in [0.25, 0.3) is 10.9 Å². The first-order valence-corrected chi connectivity index (χ1v) is 10.1. The van der Waals surface area contributed by atoms with Crippen molar-refractivity contribution in [3.05, 3.63) is 99.8 Å². The highest BCUT2D eigenvalue weighted by Gasteiger charge is 2.19. The fourth-order valence-electron chi connectivity index (χ4n) is 3.74. The molecule has 4 rings (SSSR count). The van der Waals surface area contributed by atoms with Crippen molar-refractivity contribution in [2.75, 3.05) is 21.3 Å². The second-order valence-corrected chi connectivity index (χ2v) is 7.27. The van der Waals surface area contributed by atoms with Crippen molar-refractivity contribution < 1.29 is 19.0 Å². The molecule has 0 bridgehead atoms. The van der Waals surface area contributed by atoms with Crippen molar-refractivity contribution in [3.8, 4) is 17.2 Å². The molecule has 6 heteroatoms. The maximum Gasteiger partial charge on any atom is 0.200 e. The van der Waals surface area contributed by atoms with Gasteiger partial charge in [0.2, 0.25) is 5.43 Å². The lowest BCUT2D eigenvalue weighted by atomic mass is 10.0. The van der Waals surface area contributed by atoms with Crippen molar-refractivity contribution in [1.29, 1.82) is 0 Å². The third kappa shape index (κ3) is 3.95. The molecule has 0 spiro atoms. The van der Waals surface area contributed by atoms with E-state index in [0.29, 0.717) is 29.0 Å². The molecule has 0 radical (unpaired) electrons. The molecule has 4 aromatic rings. The summed E-state index contributed by atoms with van der Waals surface area (Å²) < 4.78 is 17.8. The normalized spacial score (nSPS) is 10.7. The minimum atomic E-state index is -0.374. The molecule has 1 heterocycles.